The molecule has 1 atom stereocenters. The van der Waals surface area contributed by atoms with Gasteiger partial charge in [0.2, 0.25) is 11.8 Å². The molecule has 4 aromatic carbocycles. The predicted octanol–water partition coefficient (Wildman–Crippen LogP) is 6.46. The molecule has 0 aromatic heterocycles. The van der Waals surface area contributed by atoms with Gasteiger partial charge in [0.15, 0.2) is 0 Å². The van der Waals surface area contributed by atoms with Crippen molar-refractivity contribution in [2.45, 2.75) is 43.8 Å². The Hall–Kier alpha value is -3.66. The van der Waals surface area contributed by atoms with E-state index in [4.69, 9.17) is 11.6 Å². The molecule has 0 heterocycles. The SMILES string of the molecule is CC(C)NC(=O)[C@@H](Cc1ccccc1)N(Cc1cccc(Cl)c1)C(=O)CN(c1ccc(Br)cc1)S(=O)(=O)c1ccccc1. The Morgan fingerprint density at radius 1 is 0.837 bits per heavy atom. The van der Waals surface area contributed by atoms with Gasteiger partial charge < -0.3 is 10.2 Å². The number of benzene rings is 4. The molecule has 7 nitrogen and oxygen atoms in total. The van der Waals surface area contributed by atoms with E-state index in [2.05, 4.69) is 21.2 Å². The van der Waals surface area contributed by atoms with Crippen molar-refractivity contribution in [1.29, 1.82) is 0 Å². The first-order valence-corrected chi connectivity index (χ1v) is 16.4. The van der Waals surface area contributed by atoms with Gasteiger partial charge in [-0.25, -0.2) is 8.42 Å². The van der Waals surface area contributed by atoms with E-state index in [1.165, 1.54) is 17.0 Å². The topological polar surface area (TPSA) is 86.8 Å². The number of sulfonamides is 1. The Bertz CT molecular complexity index is 1640. The van der Waals surface area contributed by atoms with Gasteiger partial charge in [0.05, 0.1) is 10.6 Å². The van der Waals surface area contributed by atoms with E-state index >= 15 is 0 Å². The number of rotatable bonds is 12. The number of hydrogen-bond acceptors (Lipinski definition) is 4. The monoisotopic (exact) mass is 681 g/mol. The van der Waals surface area contributed by atoms with Crippen LogP contribution >= 0.6 is 27.5 Å². The number of halogens is 2. The summed E-state index contributed by atoms with van der Waals surface area (Å²) in [5.74, 6) is -0.877. The summed E-state index contributed by atoms with van der Waals surface area (Å²) >= 11 is 9.67. The molecule has 0 spiro atoms. The van der Waals surface area contributed by atoms with Crippen molar-refractivity contribution >= 4 is 55.1 Å². The highest BCUT2D eigenvalue weighted by Gasteiger charge is 2.34. The fourth-order valence-corrected chi connectivity index (χ4v) is 6.53. The molecule has 0 saturated carbocycles. The Labute approximate surface area is 266 Å². The summed E-state index contributed by atoms with van der Waals surface area (Å²) in [7, 11) is -4.15. The molecular formula is C33H33BrClN3O4S. The lowest BCUT2D eigenvalue weighted by Gasteiger charge is -2.34. The summed E-state index contributed by atoms with van der Waals surface area (Å²) < 4.78 is 29.8. The molecule has 43 heavy (non-hydrogen) atoms. The van der Waals surface area contributed by atoms with Gasteiger partial charge in [0, 0.05) is 28.5 Å². The van der Waals surface area contributed by atoms with Gasteiger partial charge in [-0.05, 0) is 73.5 Å². The molecule has 0 fully saturated rings. The van der Waals surface area contributed by atoms with Crippen molar-refractivity contribution in [3.05, 3.63) is 130 Å². The molecule has 0 aliphatic carbocycles. The average molecular weight is 683 g/mol. The van der Waals surface area contributed by atoms with Gasteiger partial charge >= 0.3 is 0 Å². The number of nitrogens with zero attached hydrogens (tertiary/aromatic N) is 2. The van der Waals surface area contributed by atoms with E-state index < -0.39 is 28.5 Å². The fraction of sp³-hybridized carbons (Fsp3) is 0.212. The van der Waals surface area contributed by atoms with Crippen LogP contribution < -0.4 is 9.62 Å². The van der Waals surface area contributed by atoms with Crippen LogP contribution in [-0.4, -0.2) is 43.8 Å². The molecule has 224 valence electrons. The van der Waals surface area contributed by atoms with Crippen LogP contribution in [0.4, 0.5) is 5.69 Å². The van der Waals surface area contributed by atoms with Gasteiger partial charge in [-0.15, -0.1) is 0 Å². The first kappa shape index (κ1) is 32.3. The third-order valence-electron chi connectivity index (χ3n) is 6.67. The maximum Gasteiger partial charge on any atom is 0.264 e. The maximum absolute atomic E-state index is 14.4. The second-order valence-corrected chi connectivity index (χ2v) is 13.5. The number of carbonyl (C=O) groups is 2. The lowest BCUT2D eigenvalue weighted by Crippen LogP contribution is -2.54. The first-order valence-electron chi connectivity index (χ1n) is 13.8. The molecule has 0 saturated heterocycles. The van der Waals surface area contributed by atoms with Crippen molar-refractivity contribution in [2.75, 3.05) is 10.8 Å². The van der Waals surface area contributed by atoms with E-state index in [-0.39, 0.29) is 29.8 Å². The van der Waals surface area contributed by atoms with Crippen LogP contribution in [0.25, 0.3) is 0 Å². The molecule has 10 heteroatoms. The third kappa shape index (κ3) is 8.69. The molecule has 1 N–H and O–H groups in total. The highest BCUT2D eigenvalue weighted by Crippen LogP contribution is 2.26. The second kappa shape index (κ2) is 14.7. The maximum atomic E-state index is 14.4. The van der Waals surface area contributed by atoms with Gasteiger partial charge in [0.25, 0.3) is 10.0 Å². The van der Waals surface area contributed by atoms with Crippen LogP contribution in [0.15, 0.2) is 119 Å². The van der Waals surface area contributed by atoms with Gasteiger partial charge in [-0.1, -0.05) is 88.2 Å². The average Bonchev–Trinajstić information content (AvgIpc) is 2.98. The molecule has 0 radical (unpaired) electrons. The van der Waals surface area contributed by atoms with E-state index in [0.717, 1.165) is 14.3 Å². The molecule has 0 bridgehead atoms. The molecule has 2 amide bonds. The normalized spacial score (nSPS) is 12.0. The second-order valence-electron chi connectivity index (χ2n) is 10.3. The van der Waals surface area contributed by atoms with Crippen molar-refractivity contribution in [1.82, 2.24) is 10.2 Å². The molecule has 4 aromatic rings. The molecule has 0 aliphatic heterocycles. The van der Waals surface area contributed by atoms with E-state index in [0.29, 0.717) is 16.3 Å². The predicted molar refractivity (Wildman–Crippen MR) is 174 cm³/mol. The van der Waals surface area contributed by atoms with Crippen molar-refractivity contribution < 1.29 is 18.0 Å². The smallest absolute Gasteiger partial charge is 0.264 e. The minimum absolute atomic E-state index is 0.0436. The summed E-state index contributed by atoms with van der Waals surface area (Å²) in [6, 6.07) is 30.0. The third-order valence-corrected chi connectivity index (χ3v) is 9.22. The summed E-state index contributed by atoms with van der Waals surface area (Å²) in [5.41, 5.74) is 1.88. The number of carbonyl (C=O) groups excluding carboxylic acids is 2. The molecular weight excluding hydrogens is 650 g/mol. The largest absolute Gasteiger partial charge is 0.352 e. The summed E-state index contributed by atoms with van der Waals surface area (Å²) in [5, 5.41) is 3.43. The van der Waals surface area contributed by atoms with Crippen LogP contribution in [0.2, 0.25) is 5.02 Å². The van der Waals surface area contributed by atoms with Crippen LogP contribution in [-0.2, 0) is 32.6 Å². The summed E-state index contributed by atoms with van der Waals surface area (Å²) in [6.07, 6.45) is 0.232. The number of hydrogen-bond donors (Lipinski definition) is 1. The highest BCUT2D eigenvalue weighted by molar-refractivity contribution is 9.10. The Kier molecular flexibility index (Phi) is 11.0. The fourth-order valence-electron chi connectivity index (χ4n) is 4.62. The molecule has 0 unspecified atom stereocenters. The van der Waals surface area contributed by atoms with Crippen LogP contribution in [0, 0.1) is 0 Å². The van der Waals surface area contributed by atoms with Crippen LogP contribution in [0.1, 0.15) is 25.0 Å². The van der Waals surface area contributed by atoms with Gasteiger partial charge in [-0.3, -0.25) is 13.9 Å². The van der Waals surface area contributed by atoms with Gasteiger partial charge in [-0.2, -0.15) is 0 Å². The summed E-state index contributed by atoms with van der Waals surface area (Å²) in [4.78, 5) is 29.6. The van der Waals surface area contributed by atoms with Crippen LogP contribution in [0.5, 0.6) is 0 Å². The number of amides is 2. The van der Waals surface area contributed by atoms with E-state index in [9.17, 15) is 18.0 Å². The first-order chi connectivity index (χ1) is 20.5. The van der Waals surface area contributed by atoms with Gasteiger partial charge in [0.1, 0.15) is 12.6 Å². The zero-order chi connectivity index (χ0) is 31.0. The Morgan fingerprint density at radius 2 is 1.44 bits per heavy atom. The minimum atomic E-state index is -4.15. The van der Waals surface area contributed by atoms with Crippen molar-refractivity contribution in [2.24, 2.45) is 0 Å². The lowest BCUT2D eigenvalue weighted by atomic mass is 10.0. The standard InChI is InChI=1S/C33H33BrClN3O4S/c1-24(2)36-33(40)31(21-25-10-5-3-6-11-25)37(22-26-12-9-13-28(35)20-26)32(39)23-38(29-18-16-27(34)17-19-29)43(41,42)30-14-7-4-8-15-30/h3-20,24,31H,21-23H2,1-2H3,(H,36,40)/t31-/m1/s1. The minimum Gasteiger partial charge on any atom is -0.352 e. The highest BCUT2D eigenvalue weighted by atomic mass is 79.9. The van der Waals surface area contributed by atoms with Crippen molar-refractivity contribution in [3.8, 4) is 0 Å². The molecule has 4 rings (SSSR count). The Balaban J connectivity index is 1.79. The van der Waals surface area contributed by atoms with Crippen LogP contribution in [0.3, 0.4) is 0 Å². The van der Waals surface area contributed by atoms with E-state index in [1.54, 1.807) is 60.7 Å². The zero-order valence-electron chi connectivity index (χ0n) is 23.9. The number of nitrogens with one attached hydrogen (secondary N) is 1. The molecule has 0 aliphatic rings. The summed E-state index contributed by atoms with van der Waals surface area (Å²) in [6.45, 7) is 3.21. The van der Waals surface area contributed by atoms with Crippen molar-refractivity contribution in [3.63, 3.8) is 0 Å². The zero-order valence-corrected chi connectivity index (χ0v) is 27.0. The quantitative estimate of drug-likeness (QED) is 0.186. The number of anilines is 1. The van der Waals surface area contributed by atoms with E-state index in [1.807, 2.05) is 50.2 Å². The Morgan fingerprint density at radius 3 is 2.05 bits per heavy atom. The lowest BCUT2D eigenvalue weighted by molar-refractivity contribution is -0.140.